The fourth-order valence-corrected chi connectivity index (χ4v) is 2.23. The largest absolute Gasteiger partial charge is 0.507 e. The Bertz CT molecular complexity index is 862. The summed E-state index contributed by atoms with van der Waals surface area (Å²) >= 11 is 0. The van der Waals surface area contributed by atoms with Crippen LogP contribution in [0.2, 0.25) is 0 Å². The molecule has 0 saturated carbocycles. The van der Waals surface area contributed by atoms with Gasteiger partial charge in [0.2, 0.25) is 0 Å². The summed E-state index contributed by atoms with van der Waals surface area (Å²) < 4.78 is 0.388. The van der Waals surface area contributed by atoms with Crippen LogP contribution in [0.4, 0.5) is 5.82 Å². The van der Waals surface area contributed by atoms with Crippen LogP contribution in [0.1, 0.15) is 5.56 Å². The summed E-state index contributed by atoms with van der Waals surface area (Å²) in [5.74, 6) is 0.0920. The SMILES string of the molecule is O=c1cc(O)c2c(NCCc3ccccc3)ncnc2n1O. The molecule has 0 saturated heterocycles. The molecule has 0 fully saturated rings. The van der Waals surface area contributed by atoms with Crippen LogP contribution in [0.15, 0.2) is 47.5 Å². The topological polar surface area (TPSA) is 100 Å². The molecule has 0 aliphatic rings. The van der Waals surface area contributed by atoms with Gasteiger partial charge in [-0.15, -0.1) is 4.73 Å². The Balaban J connectivity index is 1.88. The van der Waals surface area contributed by atoms with E-state index in [1.165, 1.54) is 6.33 Å². The molecule has 0 aliphatic heterocycles. The first kappa shape index (κ1) is 13.9. The molecular formula is C15H14N4O3. The van der Waals surface area contributed by atoms with E-state index in [0.29, 0.717) is 17.1 Å². The highest BCUT2D eigenvalue weighted by atomic mass is 16.5. The first-order chi connectivity index (χ1) is 10.7. The van der Waals surface area contributed by atoms with Crippen LogP contribution in [0.25, 0.3) is 11.0 Å². The van der Waals surface area contributed by atoms with Crippen LogP contribution in [-0.4, -0.2) is 31.6 Å². The van der Waals surface area contributed by atoms with Crippen LogP contribution in [0.5, 0.6) is 5.75 Å². The Morgan fingerprint density at radius 1 is 1.18 bits per heavy atom. The van der Waals surface area contributed by atoms with Gasteiger partial charge in [0.15, 0.2) is 5.65 Å². The lowest BCUT2D eigenvalue weighted by Gasteiger charge is -2.10. The quantitative estimate of drug-likeness (QED) is 0.629. The minimum absolute atomic E-state index is 0.0396. The van der Waals surface area contributed by atoms with Crippen molar-refractivity contribution in [3.05, 3.63) is 58.6 Å². The van der Waals surface area contributed by atoms with Crippen molar-refractivity contribution in [3.63, 3.8) is 0 Å². The van der Waals surface area contributed by atoms with Gasteiger partial charge in [-0.05, 0) is 12.0 Å². The average Bonchev–Trinajstić information content (AvgIpc) is 2.53. The summed E-state index contributed by atoms with van der Waals surface area (Å²) in [6.07, 6.45) is 1.99. The smallest absolute Gasteiger partial charge is 0.288 e. The monoisotopic (exact) mass is 298 g/mol. The van der Waals surface area contributed by atoms with Gasteiger partial charge in [0.05, 0.1) is 0 Å². The lowest BCUT2D eigenvalue weighted by atomic mass is 10.1. The molecule has 3 rings (SSSR count). The summed E-state index contributed by atoms with van der Waals surface area (Å²) in [6.45, 7) is 0.583. The number of anilines is 1. The van der Waals surface area contributed by atoms with Crippen molar-refractivity contribution in [2.24, 2.45) is 0 Å². The molecule has 1 aromatic carbocycles. The molecule has 0 radical (unpaired) electrons. The van der Waals surface area contributed by atoms with Gasteiger partial charge in [0, 0.05) is 12.6 Å². The lowest BCUT2D eigenvalue weighted by molar-refractivity contribution is 0.186. The molecule has 0 spiro atoms. The number of aromatic nitrogens is 3. The maximum Gasteiger partial charge on any atom is 0.288 e. The van der Waals surface area contributed by atoms with E-state index in [2.05, 4.69) is 15.3 Å². The Morgan fingerprint density at radius 2 is 1.95 bits per heavy atom. The molecule has 0 aliphatic carbocycles. The van der Waals surface area contributed by atoms with Gasteiger partial charge in [-0.2, -0.15) is 0 Å². The first-order valence-electron chi connectivity index (χ1n) is 6.73. The van der Waals surface area contributed by atoms with Crippen molar-refractivity contribution in [3.8, 4) is 5.75 Å². The lowest BCUT2D eigenvalue weighted by Crippen LogP contribution is -2.18. The van der Waals surface area contributed by atoms with E-state index in [-0.39, 0.29) is 16.8 Å². The number of nitrogens with zero attached hydrogens (tertiary/aromatic N) is 3. The Labute approximate surface area is 125 Å². The van der Waals surface area contributed by atoms with Crippen molar-refractivity contribution >= 4 is 16.9 Å². The third-order valence-electron chi connectivity index (χ3n) is 3.30. The zero-order valence-corrected chi connectivity index (χ0v) is 11.6. The maximum atomic E-state index is 11.4. The third-order valence-corrected chi connectivity index (χ3v) is 3.30. The van der Waals surface area contributed by atoms with Crippen molar-refractivity contribution in [2.75, 3.05) is 11.9 Å². The predicted molar refractivity (Wildman–Crippen MR) is 81.3 cm³/mol. The van der Waals surface area contributed by atoms with E-state index in [4.69, 9.17) is 0 Å². The summed E-state index contributed by atoms with van der Waals surface area (Å²) in [4.78, 5) is 19.3. The highest BCUT2D eigenvalue weighted by Crippen LogP contribution is 2.26. The number of nitrogens with one attached hydrogen (secondary N) is 1. The predicted octanol–water partition coefficient (Wildman–Crippen LogP) is 1.39. The van der Waals surface area contributed by atoms with E-state index >= 15 is 0 Å². The van der Waals surface area contributed by atoms with Gasteiger partial charge in [-0.25, -0.2) is 9.97 Å². The average molecular weight is 298 g/mol. The fourth-order valence-electron chi connectivity index (χ4n) is 2.23. The minimum Gasteiger partial charge on any atom is -0.507 e. The van der Waals surface area contributed by atoms with Gasteiger partial charge in [0.1, 0.15) is 23.3 Å². The van der Waals surface area contributed by atoms with E-state index < -0.39 is 5.56 Å². The highest BCUT2D eigenvalue weighted by Gasteiger charge is 2.13. The Kier molecular flexibility index (Phi) is 3.61. The summed E-state index contributed by atoms with van der Waals surface area (Å²) in [6, 6.07) is 10.8. The number of rotatable bonds is 4. The van der Waals surface area contributed by atoms with Gasteiger partial charge < -0.3 is 15.6 Å². The van der Waals surface area contributed by atoms with E-state index in [9.17, 15) is 15.1 Å². The molecule has 22 heavy (non-hydrogen) atoms. The number of hydrogen-bond donors (Lipinski definition) is 3. The molecule has 7 heteroatoms. The molecular weight excluding hydrogens is 284 g/mol. The Hall–Kier alpha value is -3.09. The second kappa shape index (κ2) is 5.72. The van der Waals surface area contributed by atoms with Gasteiger partial charge in [0.25, 0.3) is 5.56 Å². The molecule has 2 heterocycles. The van der Waals surface area contributed by atoms with E-state index in [1.54, 1.807) is 0 Å². The van der Waals surface area contributed by atoms with Gasteiger partial charge in [-0.1, -0.05) is 30.3 Å². The molecule has 2 aromatic heterocycles. The Morgan fingerprint density at radius 3 is 2.73 bits per heavy atom. The number of hydrogen-bond acceptors (Lipinski definition) is 6. The normalized spacial score (nSPS) is 10.7. The number of fused-ring (bicyclic) bond motifs is 1. The molecule has 0 bridgehead atoms. The second-order valence-corrected chi connectivity index (χ2v) is 4.76. The number of aromatic hydroxyl groups is 1. The molecule has 7 nitrogen and oxygen atoms in total. The molecule has 0 atom stereocenters. The van der Waals surface area contributed by atoms with Crippen molar-refractivity contribution < 1.29 is 10.3 Å². The fraction of sp³-hybridized carbons (Fsp3) is 0.133. The molecule has 0 unspecified atom stereocenters. The third kappa shape index (κ3) is 2.56. The van der Waals surface area contributed by atoms with Crippen LogP contribution in [0, 0.1) is 0 Å². The maximum absolute atomic E-state index is 11.4. The van der Waals surface area contributed by atoms with Crippen molar-refractivity contribution in [1.29, 1.82) is 0 Å². The van der Waals surface area contributed by atoms with Crippen LogP contribution < -0.4 is 10.9 Å². The number of benzene rings is 1. The zero-order chi connectivity index (χ0) is 15.5. The van der Waals surface area contributed by atoms with Gasteiger partial charge in [-0.3, -0.25) is 4.79 Å². The summed E-state index contributed by atoms with van der Waals surface area (Å²) in [7, 11) is 0. The van der Waals surface area contributed by atoms with Crippen LogP contribution in [0.3, 0.4) is 0 Å². The summed E-state index contributed by atoms with van der Waals surface area (Å²) in [5, 5.41) is 22.9. The molecule has 0 amide bonds. The van der Waals surface area contributed by atoms with Crippen molar-refractivity contribution in [2.45, 2.75) is 6.42 Å². The highest BCUT2D eigenvalue weighted by molar-refractivity contribution is 5.91. The van der Waals surface area contributed by atoms with E-state index in [1.807, 2.05) is 30.3 Å². The molecule has 3 aromatic rings. The first-order valence-corrected chi connectivity index (χ1v) is 6.73. The molecule has 3 N–H and O–H groups in total. The summed E-state index contributed by atoms with van der Waals surface area (Å²) in [5.41, 5.74) is 0.373. The standard InChI is InChI=1S/C15H14N4O3/c20-11-8-12(21)19(22)15-13(11)14(17-9-18-15)16-7-6-10-4-2-1-3-5-10/h1-5,8-9,20,22H,6-7H2,(H,16,17,18). The van der Waals surface area contributed by atoms with E-state index in [0.717, 1.165) is 18.1 Å². The molecule has 112 valence electrons. The second-order valence-electron chi connectivity index (χ2n) is 4.76. The van der Waals surface area contributed by atoms with Gasteiger partial charge >= 0.3 is 0 Å². The van der Waals surface area contributed by atoms with Crippen LogP contribution in [-0.2, 0) is 6.42 Å². The minimum atomic E-state index is -0.751. The zero-order valence-electron chi connectivity index (χ0n) is 11.6. The van der Waals surface area contributed by atoms with Crippen LogP contribution >= 0.6 is 0 Å². The van der Waals surface area contributed by atoms with Crippen molar-refractivity contribution in [1.82, 2.24) is 14.7 Å². The number of pyridine rings is 1.